The van der Waals surface area contributed by atoms with Gasteiger partial charge < -0.3 is 21.7 Å². The molecule has 1 aliphatic rings. The van der Waals surface area contributed by atoms with E-state index in [9.17, 15) is 9.59 Å². The average molecular weight is 304 g/mol. The van der Waals surface area contributed by atoms with Gasteiger partial charge in [0.2, 0.25) is 5.91 Å². The Morgan fingerprint density at radius 3 is 2.55 bits per heavy atom. The third kappa shape index (κ3) is 3.76. The first kappa shape index (κ1) is 16.3. The van der Waals surface area contributed by atoms with Crippen LogP contribution in [0.3, 0.4) is 0 Å². The Hall–Kier alpha value is -2.08. The number of rotatable bonds is 5. The molecule has 2 rings (SSSR count). The Morgan fingerprint density at radius 1 is 1.27 bits per heavy atom. The number of nitrogens with zero attached hydrogens (tertiary/aromatic N) is 1. The number of benzene rings is 1. The van der Waals surface area contributed by atoms with Gasteiger partial charge in [-0.3, -0.25) is 9.59 Å². The van der Waals surface area contributed by atoms with Crippen molar-refractivity contribution in [3.8, 4) is 0 Å². The number of hydrogen-bond donors (Lipinski definition) is 3. The lowest BCUT2D eigenvalue weighted by atomic mass is 10.1. The highest BCUT2D eigenvalue weighted by Crippen LogP contribution is 2.27. The van der Waals surface area contributed by atoms with E-state index in [4.69, 9.17) is 11.5 Å². The SMILES string of the molecule is CC[C@H](N)C(=O)Nc1ccc(C(N)=O)c(N2CCCCC2)c1. The molecular weight excluding hydrogens is 280 g/mol. The molecule has 1 aromatic carbocycles. The first-order valence-corrected chi connectivity index (χ1v) is 7.78. The maximum Gasteiger partial charge on any atom is 0.250 e. The monoisotopic (exact) mass is 304 g/mol. The molecule has 5 N–H and O–H groups in total. The number of anilines is 2. The van der Waals surface area contributed by atoms with Crippen LogP contribution in [0.4, 0.5) is 11.4 Å². The molecule has 1 atom stereocenters. The van der Waals surface area contributed by atoms with Gasteiger partial charge in [-0.05, 0) is 43.9 Å². The molecule has 1 heterocycles. The van der Waals surface area contributed by atoms with Gasteiger partial charge in [0.15, 0.2) is 0 Å². The second-order valence-corrected chi connectivity index (χ2v) is 5.65. The van der Waals surface area contributed by atoms with Crippen LogP contribution < -0.4 is 21.7 Å². The Kier molecular flexibility index (Phi) is 5.38. The number of nitrogens with one attached hydrogen (secondary N) is 1. The first-order chi connectivity index (χ1) is 10.5. The summed E-state index contributed by atoms with van der Waals surface area (Å²) in [5, 5.41) is 2.80. The summed E-state index contributed by atoms with van der Waals surface area (Å²) in [4.78, 5) is 25.7. The molecule has 1 fully saturated rings. The van der Waals surface area contributed by atoms with Crippen molar-refractivity contribution in [1.29, 1.82) is 0 Å². The minimum absolute atomic E-state index is 0.223. The zero-order valence-corrected chi connectivity index (χ0v) is 13.0. The van der Waals surface area contributed by atoms with Crippen molar-refractivity contribution >= 4 is 23.2 Å². The van der Waals surface area contributed by atoms with E-state index < -0.39 is 11.9 Å². The number of piperidine rings is 1. The molecule has 0 saturated carbocycles. The van der Waals surface area contributed by atoms with E-state index in [0.717, 1.165) is 31.6 Å². The van der Waals surface area contributed by atoms with Crippen LogP contribution in [-0.4, -0.2) is 30.9 Å². The molecule has 6 nitrogen and oxygen atoms in total. The maximum atomic E-state index is 11.9. The lowest BCUT2D eigenvalue weighted by Crippen LogP contribution is -2.35. The van der Waals surface area contributed by atoms with Crippen molar-refractivity contribution in [2.24, 2.45) is 11.5 Å². The highest BCUT2D eigenvalue weighted by atomic mass is 16.2. The summed E-state index contributed by atoms with van der Waals surface area (Å²) in [5.41, 5.74) is 13.1. The van der Waals surface area contributed by atoms with Gasteiger partial charge in [-0.2, -0.15) is 0 Å². The van der Waals surface area contributed by atoms with E-state index in [1.165, 1.54) is 6.42 Å². The van der Waals surface area contributed by atoms with Crippen molar-refractivity contribution in [3.63, 3.8) is 0 Å². The van der Waals surface area contributed by atoms with Crippen LogP contribution in [0, 0.1) is 0 Å². The Morgan fingerprint density at radius 2 is 1.95 bits per heavy atom. The minimum Gasteiger partial charge on any atom is -0.371 e. The van der Waals surface area contributed by atoms with Crippen molar-refractivity contribution in [2.75, 3.05) is 23.3 Å². The number of nitrogens with two attached hydrogens (primary N) is 2. The lowest BCUT2D eigenvalue weighted by molar-refractivity contribution is -0.117. The Balaban J connectivity index is 2.26. The largest absolute Gasteiger partial charge is 0.371 e. The molecule has 22 heavy (non-hydrogen) atoms. The smallest absolute Gasteiger partial charge is 0.250 e. The Bertz CT molecular complexity index is 553. The second-order valence-electron chi connectivity index (χ2n) is 5.65. The van der Waals surface area contributed by atoms with Crippen molar-refractivity contribution < 1.29 is 9.59 Å². The fourth-order valence-corrected chi connectivity index (χ4v) is 2.63. The van der Waals surface area contributed by atoms with Gasteiger partial charge in [0.05, 0.1) is 17.3 Å². The molecule has 0 spiro atoms. The molecular formula is C16H24N4O2. The van der Waals surface area contributed by atoms with Crippen LogP contribution in [0.15, 0.2) is 18.2 Å². The maximum absolute atomic E-state index is 11.9. The normalized spacial score (nSPS) is 16.2. The van der Waals surface area contributed by atoms with Gasteiger partial charge in [-0.15, -0.1) is 0 Å². The number of carbonyl (C=O) groups is 2. The molecule has 0 bridgehead atoms. The van der Waals surface area contributed by atoms with Crippen LogP contribution >= 0.6 is 0 Å². The molecule has 6 heteroatoms. The van der Waals surface area contributed by atoms with E-state index in [2.05, 4.69) is 10.2 Å². The summed E-state index contributed by atoms with van der Waals surface area (Å²) in [6.45, 7) is 3.65. The zero-order chi connectivity index (χ0) is 16.1. The first-order valence-electron chi connectivity index (χ1n) is 7.78. The van der Waals surface area contributed by atoms with Crippen LogP contribution in [0.25, 0.3) is 0 Å². The van der Waals surface area contributed by atoms with Crippen molar-refractivity contribution in [3.05, 3.63) is 23.8 Å². The molecule has 1 aliphatic heterocycles. The summed E-state index contributed by atoms with van der Waals surface area (Å²) in [6, 6.07) is 4.63. The fraction of sp³-hybridized carbons (Fsp3) is 0.500. The molecule has 1 saturated heterocycles. The van der Waals surface area contributed by atoms with Crippen LogP contribution in [0.5, 0.6) is 0 Å². The van der Waals surface area contributed by atoms with E-state index in [-0.39, 0.29) is 5.91 Å². The van der Waals surface area contributed by atoms with Crippen LogP contribution in [-0.2, 0) is 4.79 Å². The van der Waals surface area contributed by atoms with E-state index in [1.54, 1.807) is 12.1 Å². The summed E-state index contributed by atoms with van der Waals surface area (Å²) < 4.78 is 0. The highest BCUT2D eigenvalue weighted by Gasteiger charge is 2.19. The van der Waals surface area contributed by atoms with Gasteiger partial charge >= 0.3 is 0 Å². The molecule has 0 aliphatic carbocycles. The number of carbonyl (C=O) groups excluding carboxylic acids is 2. The highest BCUT2D eigenvalue weighted by molar-refractivity contribution is 6.01. The van der Waals surface area contributed by atoms with Crippen LogP contribution in [0.2, 0.25) is 0 Å². The predicted octanol–water partition coefficient (Wildman–Crippen LogP) is 1.45. The van der Waals surface area contributed by atoms with Crippen molar-refractivity contribution in [1.82, 2.24) is 0 Å². The third-order valence-corrected chi connectivity index (χ3v) is 4.00. The summed E-state index contributed by atoms with van der Waals surface area (Å²) in [6.07, 6.45) is 3.96. The van der Waals surface area contributed by atoms with Gasteiger partial charge in [0.1, 0.15) is 0 Å². The number of amides is 2. The summed E-state index contributed by atoms with van der Waals surface area (Å²) in [5.74, 6) is -0.678. The van der Waals surface area contributed by atoms with Gasteiger partial charge in [-0.25, -0.2) is 0 Å². The molecule has 0 unspecified atom stereocenters. The standard InChI is InChI=1S/C16H24N4O2/c1-2-13(17)16(22)19-11-6-7-12(15(18)21)14(10-11)20-8-4-3-5-9-20/h6-7,10,13H,2-5,8-9,17H2,1H3,(H2,18,21)(H,19,22)/t13-/m0/s1. The second kappa shape index (κ2) is 7.26. The van der Waals surface area contributed by atoms with Gasteiger partial charge in [-0.1, -0.05) is 6.92 Å². The van der Waals surface area contributed by atoms with E-state index >= 15 is 0 Å². The van der Waals surface area contributed by atoms with Crippen molar-refractivity contribution in [2.45, 2.75) is 38.6 Å². The number of primary amides is 1. The Labute approximate surface area is 130 Å². The molecule has 1 aromatic rings. The topological polar surface area (TPSA) is 101 Å². The average Bonchev–Trinajstić information content (AvgIpc) is 2.54. The molecule has 120 valence electrons. The van der Waals surface area contributed by atoms with Crippen LogP contribution in [0.1, 0.15) is 43.0 Å². The minimum atomic E-state index is -0.533. The van der Waals surface area contributed by atoms with Gasteiger partial charge in [0.25, 0.3) is 5.91 Å². The molecule has 2 amide bonds. The third-order valence-electron chi connectivity index (χ3n) is 4.00. The quantitative estimate of drug-likeness (QED) is 0.766. The predicted molar refractivity (Wildman–Crippen MR) is 87.9 cm³/mol. The van der Waals surface area contributed by atoms with Gasteiger partial charge in [0, 0.05) is 18.8 Å². The zero-order valence-electron chi connectivity index (χ0n) is 13.0. The summed E-state index contributed by atoms with van der Waals surface area (Å²) >= 11 is 0. The number of hydrogen-bond acceptors (Lipinski definition) is 4. The lowest BCUT2D eigenvalue weighted by Gasteiger charge is -2.30. The fourth-order valence-electron chi connectivity index (χ4n) is 2.63. The summed E-state index contributed by atoms with van der Waals surface area (Å²) in [7, 11) is 0. The van der Waals surface area contributed by atoms with E-state index in [1.807, 2.05) is 13.0 Å². The molecule has 0 radical (unpaired) electrons. The molecule has 0 aromatic heterocycles. The van der Waals surface area contributed by atoms with E-state index in [0.29, 0.717) is 17.7 Å².